The fourth-order valence-corrected chi connectivity index (χ4v) is 7.50. The van der Waals surface area contributed by atoms with Crippen molar-refractivity contribution in [3.63, 3.8) is 0 Å². The third-order valence-corrected chi connectivity index (χ3v) is 10.0. The van der Waals surface area contributed by atoms with Crippen molar-refractivity contribution in [3.8, 4) is 11.5 Å². The number of morpholine rings is 1. The van der Waals surface area contributed by atoms with Crippen LogP contribution in [0.2, 0.25) is 0 Å². The molecular formula is C34H39BrFN5O6S. The molecule has 3 aliphatic rings. The number of hydrogen-bond donors (Lipinski definition) is 1. The molecule has 256 valence electrons. The molecule has 1 aromatic heterocycles. The number of rotatable bonds is 11. The first-order valence-corrected chi connectivity index (χ1v) is 18.1. The minimum Gasteiger partial charge on any atom is -0.490 e. The van der Waals surface area contributed by atoms with Gasteiger partial charge in [0.25, 0.3) is 5.91 Å². The van der Waals surface area contributed by atoms with Gasteiger partial charge >= 0.3 is 5.97 Å². The first-order valence-electron chi connectivity index (χ1n) is 16.3. The molecule has 2 aromatic carbocycles. The first-order chi connectivity index (χ1) is 23.3. The molecule has 1 amide bonds. The summed E-state index contributed by atoms with van der Waals surface area (Å²) in [7, 11) is 0. The highest BCUT2D eigenvalue weighted by Gasteiger charge is 2.37. The number of nitrogens with one attached hydrogen (secondary N) is 1. The number of benzene rings is 2. The zero-order valence-electron chi connectivity index (χ0n) is 27.0. The van der Waals surface area contributed by atoms with E-state index in [0.29, 0.717) is 88.1 Å². The number of amides is 1. The number of hydrogen-bond acceptors (Lipinski definition) is 10. The topological polar surface area (TPSA) is 117 Å². The van der Waals surface area contributed by atoms with Crippen molar-refractivity contribution in [2.45, 2.75) is 69.0 Å². The largest absolute Gasteiger partial charge is 0.490 e. The van der Waals surface area contributed by atoms with E-state index >= 15 is 0 Å². The van der Waals surface area contributed by atoms with Gasteiger partial charge in [-0.25, -0.2) is 13.9 Å². The fraction of sp³-hybridized carbons (Fsp3) is 0.471. The number of allylic oxidation sites excluding steroid dienone is 1. The van der Waals surface area contributed by atoms with E-state index < -0.39 is 12.0 Å². The van der Waals surface area contributed by atoms with Gasteiger partial charge < -0.3 is 29.2 Å². The average molecular weight is 745 g/mol. The first kappa shape index (κ1) is 34.3. The van der Waals surface area contributed by atoms with Crippen LogP contribution in [0, 0.1) is 5.82 Å². The number of carbonyl (C=O) groups excluding carboxylic acids is 2. The molecule has 0 radical (unpaired) electrons. The van der Waals surface area contributed by atoms with Crippen LogP contribution in [-0.2, 0) is 24.8 Å². The van der Waals surface area contributed by atoms with Gasteiger partial charge in [0.2, 0.25) is 11.1 Å². The molecule has 11 nitrogen and oxygen atoms in total. The van der Waals surface area contributed by atoms with Gasteiger partial charge in [-0.05, 0) is 84.8 Å². The van der Waals surface area contributed by atoms with Gasteiger partial charge in [-0.3, -0.25) is 4.79 Å². The van der Waals surface area contributed by atoms with Crippen LogP contribution in [0.25, 0.3) is 0 Å². The van der Waals surface area contributed by atoms with Gasteiger partial charge in [0.1, 0.15) is 18.0 Å². The van der Waals surface area contributed by atoms with Crippen molar-refractivity contribution in [2.24, 2.45) is 0 Å². The SMILES string of the molecule is CCOc1cc(C2C(C(=O)OC3CCCCC3)=C(C)Nc3nc(SCc4ccccc4F)nn32)cc(Br)c1OCC(=O)N1CCOCC1. The maximum Gasteiger partial charge on any atom is 0.338 e. The lowest BCUT2D eigenvalue weighted by Crippen LogP contribution is -2.43. The molecule has 0 spiro atoms. The molecular weight excluding hydrogens is 705 g/mol. The Morgan fingerprint density at radius 1 is 1.12 bits per heavy atom. The Bertz CT molecular complexity index is 1670. The van der Waals surface area contributed by atoms with Crippen LogP contribution in [0.15, 0.2) is 57.3 Å². The Morgan fingerprint density at radius 3 is 2.65 bits per heavy atom. The van der Waals surface area contributed by atoms with Crippen LogP contribution in [0.5, 0.6) is 11.5 Å². The Kier molecular flexibility index (Phi) is 11.2. The molecule has 1 saturated carbocycles. The summed E-state index contributed by atoms with van der Waals surface area (Å²) in [6, 6.07) is 9.52. The monoisotopic (exact) mass is 743 g/mol. The molecule has 6 rings (SSSR count). The van der Waals surface area contributed by atoms with Gasteiger partial charge in [-0.2, -0.15) is 4.98 Å². The summed E-state index contributed by atoms with van der Waals surface area (Å²) in [4.78, 5) is 33.3. The van der Waals surface area contributed by atoms with Gasteiger partial charge in [-0.1, -0.05) is 36.4 Å². The third-order valence-electron chi connectivity index (χ3n) is 8.54. The number of halogens is 2. The number of fused-ring (bicyclic) bond motifs is 1. The average Bonchev–Trinajstić information content (AvgIpc) is 3.50. The molecule has 1 atom stereocenters. The summed E-state index contributed by atoms with van der Waals surface area (Å²) in [6.45, 7) is 5.88. The summed E-state index contributed by atoms with van der Waals surface area (Å²) in [5.74, 6) is 0.690. The number of carbonyl (C=O) groups is 2. The fourth-order valence-electron chi connectivity index (χ4n) is 6.11. The lowest BCUT2D eigenvalue weighted by atomic mass is 9.94. The maximum absolute atomic E-state index is 14.4. The molecule has 2 fully saturated rings. The van der Waals surface area contributed by atoms with Crippen molar-refractivity contribution in [1.29, 1.82) is 0 Å². The van der Waals surface area contributed by atoms with E-state index in [2.05, 4.69) is 21.2 Å². The Labute approximate surface area is 291 Å². The van der Waals surface area contributed by atoms with Gasteiger partial charge in [-0.15, -0.1) is 5.10 Å². The third kappa shape index (κ3) is 7.81. The van der Waals surface area contributed by atoms with E-state index in [9.17, 15) is 14.0 Å². The van der Waals surface area contributed by atoms with E-state index in [-0.39, 0.29) is 24.4 Å². The zero-order valence-corrected chi connectivity index (χ0v) is 29.4. The molecule has 48 heavy (non-hydrogen) atoms. The molecule has 1 N–H and O–H groups in total. The standard InChI is InChI=1S/C34H39BrFN5O6S/c1-3-45-27-18-23(17-25(35)31(27)46-19-28(42)40-13-15-44-16-14-40)30-29(32(43)47-24-10-5-4-6-11-24)21(2)37-33-38-34(39-41(30)33)48-20-22-9-7-8-12-26(22)36/h7-9,12,17-18,24,30H,3-6,10-11,13-16,19-20H2,1-2H3,(H,37,38,39). The Hall–Kier alpha value is -3.62. The second-order valence-electron chi connectivity index (χ2n) is 11.8. The molecule has 3 heterocycles. The molecule has 2 aliphatic heterocycles. The molecule has 1 saturated heterocycles. The number of anilines is 1. The van der Waals surface area contributed by atoms with Crippen LogP contribution in [-0.4, -0.2) is 77.2 Å². The normalized spacial score (nSPS) is 18.2. The van der Waals surface area contributed by atoms with Crippen molar-refractivity contribution in [2.75, 3.05) is 44.8 Å². The summed E-state index contributed by atoms with van der Waals surface area (Å²) in [6.07, 6.45) is 4.69. The lowest BCUT2D eigenvalue weighted by Gasteiger charge is -2.30. The van der Waals surface area contributed by atoms with E-state index in [1.54, 1.807) is 33.8 Å². The predicted octanol–water partition coefficient (Wildman–Crippen LogP) is 6.27. The second kappa shape index (κ2) is 15.7. The summed E-state index contributed by atoms with van der Waals surface area (Å²) in [5, 5.41) is 8.47. The van der Waals surface area contributed by atoms with E-state index in [1.165, 1.54) is 17.8 Å². The smallest absolute Gasteiger partial charge is 0.338 e. The molecule has 0 bridgehead atoms. The number of esters is 1. The van der Waals surface area contributed by atoms with Crippen molar-refractivity contribution in [1.82, 2.24) is 19.7 Å². The van der Waals surface area contributed by atoms with Crippen LogP contribution >= 0.6 is 27.7 Å². The highest BCUT2D eigenvalue weighted by molar-refractivity contribution is 9.10. The van der Waals surface area contributed by atoms with Crippen LogP contribution in [0.3, 0.4) is 0 Å². The molecule has 1 unspecified atom stereocenters. The van der Waals surface area contributed by atoms with E-state index in [4.69, 9.17) is 29.0 Å². The Morgan fingerprint density at radius 2 is 1.90 bits per heavy atom. The van der Waals surface area contributed by atoms with Crippen LogP contribution < -0.4 is 14.8 Å². The number of ether oxygens (including phenoxy) is 4. The van der Waals surface area contributed by atoms with Crippen molar-refractivity contribution >= 4 is 45.5 Å². The van der Waals surface area contributed by atoms with Crippen molar-refractivity contribution in [3.05, 3.63) is 69.1 Å². The summed E-state index contributed by atoms with van der Waals surface area (Å²) < 4.78 is 40.1. The molecule has 3 aromatic rings. The Balaban J connectivity index is 1.33. The van der Waals surface area contributed by atoms with Crippen LogP contribution in [0.1, 0.15) is 63.1 Å². The lowest BCUT2D eigenvalue weighted by molar-refractivity contribution is -0.146. The van der Waals surface area contributed by atoms with E-state index in [1.807, 2.05) is 19.9 Å². The molecule has 1 aliphatic carbocycles. The zero-order chi connectivity index (χ0) is 33.6. The number of aromatic nitrogens is 3. The quantitative estimate of drug-likeness (QED) is 0.178. The van der Waals surface area contributed by atoms with E-state index in [0.717, 1.165) is 32.1 Å². The number of thioether (sulfide) groups is 1. The summed E-state index contributed by atoms with van der Waals surface area (Å²) in [5.41, 5.74) is 2.20. The maximum atomic E-state index is 14.4. The van der Waals surface area contributed by atoms with Gasteiger partial charge in [0, 0.05) is 24.5 Å². The second-order valence-corrected chi connectivity index (χ2v) is 13.6. The number of nitrogens with zero attached hydrogens (tertiary/aromatic N) is 4. The highest BCUT2D eigenvalue weighted by atomic mass is 79.9. The van der Waals surface area contributed by atoms with Crippen LogP contribution in [0.4, 0.5) is 10.3 Å². The summed E-state index contributed by atoms with van der Waals surface area (Å²) >= 11 is 4.95. The minimum atomic E-state index is -0.729. The predicted molar refractivity (Wildman–Crippen MR) is 182 cm³/mol. The van der Waals surface area contributed by atoms with Gasteiger partial charge in [0.15, 0.2) is 18.1 Å². The molecule has 14 heteroatoms. The highest BCUT2D eigenvalue weighted by Crippen LogP contribution is 2.44. The van der Waals surface area contributed by atoms with Gasteiger partial charge in [0.05, 0.1) is 29.9 Å². The minimum absolute atomic E-state index is 0.144. The van der Waals surface area contributed by atoms with Crippen molar-refractivity contribution < 1.29 is 32.9 Å².